The molecule has 0 amide bonds. The van der Waals surface area contributed by atoms with E-state index in [1.807, 2.05) is 41.1 Å². The first kappa shape index (κ1) is 26.7. The van der Waals surface area contributed by atoms with Crippen molar-refractivity contribution in [3.8, 4) is 17.1 Å². The number of carboxylic acid groups (broad SMARTS) is 1. The van der Waals surface area contributed by atoms with E-state index in [1.54, 1.807) is 12.1 Å². The predicted molar refractivity (Wildman–Crippen MR) is 172 cm³/mol. The van der Waals surface area contributed by atoms with Crippen molar-refractivity contribution in [2.24, 2.45) is 7.05 Å². The Morgan fingerprint density at radius 3 is 2.56 bits per heavy atom. The number of hydrogen-bond donors (Lipinski definition) is 2. The van der Waals surface area contributed by atoms with Gasteiger partial charge in [-0.05, 0) is 78.9 Å². The Bertz CT molecular complexity index is 2160. The van der Waals surface area contributed by atoms with Crippen molar-refractivity contribution >= 4 is 38.9 Å². The molecule has 3 heterocycles. The molecule has 0 spiro atoms. The molecule has 7 aromatic rings. The van der Waals surface area contributed by atoms with Gasteiger partial charge in [-0.1, -0.05) is 49.7 Å². The zero-order valence-electron chi connectivity index (χ0n) is 24.6. The van der Waals surface area contributed by atoms with Crippen LogP contribution in [0.15, 0.2) is 85.1 Å². The summed E-state index contributed by atoms with van der Waals surface area (Å²) in [5, 5.41) is 10.9. The zero-order chi connectivity index (χ0) is 29.7. The van der Waals surface area contributed by atoms with Crippen LogP contribution in [-0.2, 0) is 19.9 Å². The summed E-state index contributed by atoms with van der Waals surface area (Å²) in [6.07, 6.45) is 5.78. The van der Waals surface area contributed by atoms with Crippen LogP contribution in [0.5, 0.6) is 0 Å². The van der Waals surface area contributed by atoms with Crippen LogP contribution in [-0.4, -0.2) is 35.2 Å². The molecule has 0 saturated heterocycles. The smallest absolute Gasteiger partial charge is 0.337 e. The third-order valence-electron chi connectivity index (χ3n) is 8.58. The molecule has 214 valence electrons. The summed E-state index contributed by atoms with van der Waals surface area (Å²) in [6, 6.07) is 25.9. The molecule has 0 aliphatic carbocycles. The van der Waals surface area contributed by atoms with Gasteiger partial charge in [-0.3, -0.25) is 0 Å². The highest BCUT2D eigenvalue weighted by Gasteiger charge is 2.21. The summed E-state index contributed by atoms with van der Waals surface area (Å²) >= 11 is 0. The Morgan fingerprint density at radius 2 is 1.74 bits per heavy atom. The minimum absolute atomic E-state index is 0.272. The number of unbranched alkanes of at least 4 members (excludes halogenated alkanes) is 1. The number of imidazole rings is 2. The minimum atomic E-state index is -0.943. The number of hydrogen-bond acceptors (Lipinski definition) is 3. The second-order valence-corrected chi connectivity index (χ2v) is 11.2. The maximum Gasteiger partial charge on any atom is 0.337 e. The number of carboxylic acids is 1. The fourth-order valence-electron chi connectivity index (χ4n) is 6.33. The molecule has 0 saturated carbocycles. The van der Waals surface area contributed by atoms with E-state index in [1.165, 1.54) is 5.56 Å². The number of aryl methyl sites for hydroxylation is 3. The predicted octanol–water partition coefficient (Wildman–Crippen LogP) is 8.00. The monoisotopic (exact) mass is 567 g/mol. The molecule has 2 N–H and O–H groups in total. The van der Waals surface area contributed by atoms with Crippen molar-refractivity contribution in [1.29, 1.82) is 0 Å². The Balaban J connectivity index is 1.42. The Morgan fingerprint density at radius 1 is 0.953 bits per heavy atom. The number of aromatic carboxylic acids is 1. The van der Waals surface area contributed by atoms with E-state index in [0.29, 0.717) is 12.1 Å². The molecule has 7 nitrogen and oxygen atoms in total. The molecule has 7 heteroatoms. The first-order valence-electron chi connectivity index (χ1n) is 14.8. The van der Waals surface area contributed by atoms with Crippen molar-refractivity contribution in [2.75, 3.05) is 0 Å². The van der Waals surface area contributed by atoms with E-state index in [4.69, 9.17) is 9.97 Å². The number of nitrogens with one attached hydrogen (secondary N) is 1. The van der Waals surface area contributed by atoms with E-state index in [2.05, 4.69) is 66.8 Å². The van der Waals surface area contributed by atoms with Gasteiger partial charge in [0.15, 0.2) is 0 Å². The van der Waals surface area contributed by atoms with Crippen molar-refractivity contribution < 1.29 is 9.90 Å². The van der Waals surface area contributed by atoms with E-state index in [9.17, 15) is 9.90 Å². The molecule has 0 bridgehead atoms. The maximum absolute atomic E-state index is 12.0. The normalized spacial score (nSPS) is 11.7. The highest BCUT2D eigenvalue weighted by molar-refractivity contribution is 5.95. The van der Waals surface area contributed by atoms with Crippen LogP contribution >= 0.6 is 0 Å². The average molecular weight is 568 g/mol. The van der Waals surface area contributed by atoms with Gasteiger partial charge in [0.25, 0.3) is 0 Å². The maximum atomic E-state index is 12.0. The van der Waals surface area contributed by atoms with E-state index in [0.717, 1.165) is 80.6 Å². The van der Waals surface area contributed by atoms with Gasteiger partial charge in [0.1, 0.15) is 11.6 Å². The Kier molecular flexibility index (Phi) is 6.58. The lowest BCUT2D eigenvalue weighted by Crippen LogP contribution is -2.04. The van der Waals surface area contributed by atoms with Crippen molar-refractivity contribution in [3.63, 3.8) is 0 Å². The minimum Gasteiger partial charge on any atom is -0.478 e. The van der Waals surface area contributed by atoms with Crippen molar-refractivity contribution in [1.82, 2.24) is 24.1 Å². The average Bonchev–Trinajstić information content (AvgIpc) is 3.73. The molecule has 7 rings (SSSR count). The number of carbonyl (C=O) groups is 1. The lowest BCUT2D eigenvalue weighted by atomic mass is 9.92. The lowest BCUT2D eigenvalue weighted by Gasteiger charge is -2.15. The molecule has 3 aromatic heterocycles. The van der Waals surface area contributed by atoms with Crippen LogP contribution in [0.1, 0.15) is 52.6 Å². The van der Waals surface area contributed by atoms with Gasteiger partial charge in [0, 0.05) is 30.6 Å². The van der Waals surface area contributed by atoms with Gasteiger partial charge >= 0.3 is 5.97 Å². The van der Waals surface area contributed by atoms with Crippen LogP contribution in [0.4, 0.5) is 0 Å². The number of fused-ring (bicyclic) bond motifs is 3. The highest BCUT2D eigenvalue weighted by Crippen LogP contribution is 2.36. The van der Waals surface area contributed by atoms with Gasteiger partial charge in [0.2, 0.25) is 0 Å². The quantitative estimate of drug-likeness (QED) is 0.195. The molecule has 0 radical (unpaired) electrons. The second kappa shape index (κ2) is 10.6. The van der Waals surface area contributed by atoms with Crippen LogP contribution < -0.4 is 0 Å². The summed E-state index contributed by atoms with van der Waals surface area (Å²) < 4.78 is 4.14. The van der Waals surface area contributed by atoms with Crippen LogP contribution in [0.2, 0.25) is 0 Å². The first-order chi connectivity index (χ1) is 20.9. The molecule has 4 aromatic carbocycles. The van der Waals surface area contributed by atoms with Crippen LogP contribution in [0.3, 0.4) is 0 Å². The fourth-order valence-corrected chi connectivity index (χ4v) is 6.33. The SMILES string of the molecule is CCCCc1nc2c(C)c(Cc3cccc4c3ccn4-c3ccccc3C(=O)O)c(-c3nc4ccccc4n3C)cc2[nH]1. The largest absolute Gasteiger partial charge is 0.478 e. The fraction of sp³-hybridized carbons (Fsp3) is 0.194. The summed E-state index contributed by atoms with van der Waals surface area (Å²) in [4.78, 5) is 25.7. The number of aromatic amines is 1. The molecular weight excluding hydrogens is 534 g/mol. The highest BCUT2D eigenvalue weighted by atomic mass is 16.4. The Labute approximate surface area is 249 Å². The van der Waals surface area contributed by atoms with Gasteiger partial charge in [-0.25, -0.2) is 14.8 Å². The Hall–Kier alpha value is -5.17. The molecule has 0 atom stereocenters. The van der Waals surface area contributed by atoms with Crippen molar-refractivity contribution in [3.05, 3.63) is 113 Å². The van der Waals surface area contributed by atoms with E-state index >= 15 is 0 Å². The van der Waals surface area contributed by atoms with Crippen molar-refractivity contribution in [2.45, 2.75) is 39.5 Å². The molecule has 0 aliphatic rings. The molecule has 43 heavy (non-hydrogen) atoms. The summed E-state index contributed by atoms with van der Waals surface area (Å²) in [7, 11) is 2.08. The topological polar surface area (TPSA) is 88.7 Å². The molecule has 0 unspecified atom stereocenters. The number of H-pyrrole nitrogens is 1. The number of benzene rings is 4. The van der Waals surface area contributed by atoms with Crippen LogP contribution in [0, 0.1) is 6.92 Å². The van der Waals surface area contributed by atoms with E-state index in [-0.39, 0.29) is 5.56 Å². The standard InChI is InChI=1S/C36H33N5O2/c1-4-5-17-33-37-29-21-27(35-38-28-13-7-9-15-32(28)40(35)3)26(22(2)34(29)39-33)20-23-11-10-16-30-24(23)18-19-41(30)31-14-8-6-12-25(31)36(42)43/h6-16,18-19,21H,4-5,17,20H2,1-3H3,(H,37,39)(H,42,43). The summed E-state index contributed by atoms with van der Waals surface area (Å²) in [6.45, 7) is 4.37. The number of aromatic nitrogens is 5. The third kappa shape index (κ3) is 4.48. The molecule has 0 aliphatic heterocycles. The van der Waals surface area contributed by atoms with Crippen LogP contribution in [0.25, 0.3) is 50.0 Å². The third-order valence-corrected chi connectivity index (χ3v) is 8.58. The van der Waals surface area contributed by atoms with Gasteiger partial charge in [-0.2, -0.15) is 0 Å². The lowest BCUT2D eigenvalue weighted by molar-refractivity contribution is 0.0697. The summed E-state index contributed by atoms with van der Waals surface area (Å²) in [5.41, 5.74) is 10.6. The van der Waals surface area contributed by atoms with Gasteiger partial charge in [0.05, 0.1) is 38.8 Å². The zero-order valence-corrected chi connectivity index (χ0v) is 24.6. The molecule has 0 fully saturated rings. The number of para-hydroxylation sites is 3. The van der Waals surface area contributed by atoms with E-state index < -0.39 is 5.97 Å². The number of nitrogens with zero attached hydrogens (tertiary/aromatic N) is 4. The van der Waals surface area contributed by atoms with Gasteiger partial charge in [-0.15, -0.1) is 0 Å². The second-order valence-electron chi connectivity index (χ2n) is 11.2. The van der Waals surface area contributed by atoms with Gasteiger partial charge < -0.3 is 19.2 Å². The number of rotatable bonds is 8. The first-order valence-corrected chi connectivity index (χ1v) is 14.8. The molecular formula is C36H33N5O2. The summed E-state index contributed by atoms with van der Waals surface area (Å²) in [5.74, 6) is 0.998.